The van der Waals surface area contributed by atoms with E-state index in [0.717, 1.165) is 5.39 Å². The molecule has 0 aliphatic rings. The van der Waals surface area contributed by atoms with Crippen LogP contribution < -0.4 is 11.3 Å². The third-order valence-corrected chi connectivity index (χ3v) is 2.70. The Morgan fingerprint density at radius 3 is 2.89 bits per heavy atom. The maximum atomic E-state index is 11.1. The molecule has 2 rings (SSSR count). The maximum absolute atomic E-state index is 11.1. The topological polar surface area (TPSA) is 103 Å². The predicted molar refractivity (Wildman–Crippen MR) is 65.5 cm³/mol. The number of benzene rings is 1. The third-order valence-electron chi connectivity index (χ3n) is 2.70. The fourth-order valence-electron chi connectivity index (χ4n) is 1.87. The van der Waals surface area contributed by atoms with Crippen LogP contribution in [0.3, 0.4) is 0 Å². The molecule has 94 valence electrons. The van der Waals surface area contributed by atoms with E-state index in [1.807, 2.05) is 5.43 Å². The van der Waals surface area contributed by atoms with Gasteiger partial charge in [0.2, 0.25) is 5.91 Å². The van der Waals surface area contributed by atoms with E-state index >= 15 is 0 Å². The number of non-ortho nitro benzene ring substituents is 1. The summed E-state index contributed by atoms with van der Waals surface area (Å²) in [5.74, 6) is 4.68. The van der Waals surface area contributed by atoms with Crippen molar-refractivity contribution in [2.45, 2.75) is 13.0 Å². The van der Waals surface area contributed by atoms with Gasteiger partial charge in [0.25, 0.3) is 5.69 Å². The van der Waals surface area contributed by atoms with Gasteiger partial charge in [-0.25, -0.2) is 5.84 Å². The summed E-state index contributed by atoms with van der Waals surface area (Å²) >= 11 is 0. The van der Waals surface area contributed by atoms with Crippen LogP contribution in [0, 0.1) is 10.1 Å². The summed E-state index contributed by atoms with van der Waals surface area (Å²) in [6.07, 6.45) is 1.90. The number of para-hydroxylation sites is 1. The molecule has 0 spiro atoms. The molecule has 1 aromatic carbocycles. The Kier molecular flexibility index (Phi) is 3.24. The Hall–Kier alpha value is -2.41. The van der Waals surface area contributed by atoms with Gasteiger partial charge >= 0.3 is 0 Å². The minimum Gasteiger partial charge on any atom is -0.341 e. The van der Waals surface area contributed by atoms with Crippen molar-refractivity contribution in [2.24, 2.45) is 5.84 Å². The summed E-state index contributed by atoms with van der Waals surface area (Å²) < 4.78 is 1.68. The Bertz CT molecular complexity index is 605. The van der Waals surface area contributed by atoms with E-state index in [2.05, 4.69) is 0 Å². The van der Waals surface area contributed by atoms with Gasteiger partial charge in [-0.3, -0.25) is 20.3 Å². The zero-order chi connectivity index (χ0) is 13.1. The molecule has 1 amide bonds. The number of aromatic nitrogens is 1. The number of hydrazine groups is 1. The van der Waals surface area contributed by atoms with Crippen LogP contribution in [0.25, 0.3) is 10.9 Å². The van der Waals surface area contributed by atoms with Crippen LogP contribution in [0.4, 0.5) is 5.69 Å². The lowest BCUT2D eigenvalue weighted by atomic mass is 10.2. The fourth-order valence-corrected chi connectivity index (χ4v) is 1.87. The van der Waals surface area contributed by atoms with Crippen LogP contribution in [-0.4, -0.2) is 15.4 Å². The normalized spacial score (nSPS) is 10.5. The summed E-state index contributed by atoms with van der Waals surface area (Å²) in [5.41, 5.74) is 2.58. The number of nitro groups is 1. The molecular formula is C11H12N4O3. The van der Waals surface area contributed by atoms with E-state index in [4.69, 9.17) is 5.84 Å². The Morgan fingerprint density at radius 2 is 2.22 bits per heavy atom. The highest BCUT2D eigenvalue weighted by molar-refractivity contribution is 5.88. The number of nitro benzene ring substituents is 1. The highest BCUT2D eigenvalue weighted by Gasteiger charge is 2.15. The monoisotopic (exact) mass is 248 g/mol. The highest BCUT2D eigenvalue weighted by atomic mass is 16.6. The van der Waals surface area contributed by atoms with E-state index in [0.29, 0.717) is 12.1 Å². The number of carbonyl (C=O) groups is 1. The summed E-state index contributed by atoms with van der Waals surface area (Å²) in [4.78, 5) is 21.6. The number of fused-ring (bicyclic) bond motifs is 1. The predicted octanol–water partition coefficient (Wildman–Crippen LogP) is 0.929. The van der Waals surface area contributed by atoms with Gasteiger partial charge in [-0.05, 0) is 6.07 Å². The van der Waals surface area contributed by atoms with Gasteiger partial charge in [-0.15, -0.1) is 0 Å². The molecule has 1 aromatic heterocycles. The van der Waals surface area contributed by atoms with Crippen LogP contribution >= 0.6 is 0 Å². The maximum Gasteiger partial charge on any atom is 0.293 e. The van der Waals surface area contributed by atoms with Gasteiger partial charge in [0.05, 0.1) is 4.92 Å². The van der Waals surface area contributed by atoms with E-state index in [1.54, 1.807) is 29.0 Å². The molecule has 0 unspecified atom stereocenters. The summed E-state index contributed by atoms with van der Waals surface area (Å²) in [5, 5.41) is 11.7. The second kappa shape index (κ2) is 4.84. The first-order chi connectivity index (χ1) is 8.63. The molecule has 0 atom stereocenters. The van der Waals surface area contributed by atoms with Crippen molar-refractivity contribution in [3.8, 4) is 0 Å². The molecule has 0 fully saturated rings. The number of aryl methyl sites for hydroxylation is 1. The van der Waals surface area contributed by atoms with Crippen molar-refractivity contribution >= 4 is 22.5 Å². The minimum atomic E-state index is -0.429. The number of carbonyl (C=O) groups excluding carboxylic acids is 1. The molecule has 1 heterocycles. The molecule has 3 N–H and O–H groups in total. The summed E-state index contributed by atoms with van der Waals surface area (Å²) in [6, 6.07) is 6.66. The lowest BCUT2D eigenvalue weighted by Crippen LogP contribution is -2.30. The van der Waals surface area contributed by atoms with Crippen LogP contribution in [0.15, 0.2) is 30.5 Å². The Morgan fingerprint density at radius 1 is 1.44 bits per heavy atom. The third kappa shape index (κ3) is 2.16. The number of amides is 1. The number of nitrogens with zero attached hydrogens (tertiary/aromatic N) is 2. The zero-order valence-electron chi connectivity index (χ0n) is 9.50. The standard InChI is InChI=1S/C11H12N4O3/c12-13-10(16)5-7-14-6-4-8-2-1-3-9(11(8)14)15(17)18/h1-4,6H,5,7,12H2,(H,13,16). The van der Waals surface area contributed by atoms with Crippen molar-refractivity contribution in [2.75, 3.05) is 0 Å². The molecule has 7 heteroatoms. The van der Waals surface area contributed by atoms with Crippen molar-refractivity contribution in [3.05, 3.63) is 40.6 Å². The van der Waals surface area contributed by atoms with E-state index in [-0.39, 0.29) is 18.0 Å². The SMILES string of the molecule is NNC(=O)CCn1ccc2cccc([N+](=O)[O-])c21. The molecule has 0 aliphatic carbocycles. The van der Waals surface area contributed by atoms with Gasteiger partial charge < -0.3 is 4.57 Å². The second-order valence-electron chi connectivity index (χ2n) is 3.80. The second-order valence-corrected chi connectivity index (χ2v) is 3.80. The fraction of sp³-hybridized carbons (Fsp3) is 0.182. The summed E-state index contributed by atoms with van der Waals surface area (Å²) in [6.45, 7) is 0.345. The lowest BCUT2D eigenvalue weighted by Gasteiger charge is -2.05. The van der Waals surface area contributed by atoms with E-state index in [9.17, 15) is 14.9 Å². The molecule has 7 nitrogen and oxygen atoms in total. The smallest absolute Gasteiger partial charge is 0.293 e. The number of nitrogens with two attached hydrogens (primary N) is 1. The number of hydrogen-bond donors (Lipinski definition) is 2. The highest BCUT2D eigenvalue weighted by Crippen LogP contribution is 2.26. The van der Waals surface area contributed by atoms with E-state index in [1.165, 1.54) is 6.07 Å². The first kappa shape index (κ1) is 12.1. The number of nitrogens with one attached hydrogen (secondary N) is 1. The first-order valence-corrected chi connectivity index (χ1v) is 5.35. The summed E-state index contributed by atoms with van der Waals surface area (Å²) in [7, 11) is 0. The van der Waals surface area contributed by atoms with Crippen LogP contribution in [0.2, 0.25) is 0 Å². The largest absolute Gasteiger partial charge is 0.341 e. The van der Waals surface area contributed by atoms with Crippen LogP contribution in [-0.2, 0) is 11.3 Å². The molecule has 2 aromatic rings. The molecule has 0 radical (unpaired) electrons. The Labute approximate surface area is 102 Å². The van der Waals surface area contributed by atoms with Gasteiger partial charge in [-0.2, -0.15) is 0 Å². The van der Waals surface area contributed by atoms with Gasteiger partial charge in [-0.1, -0.05) is 12.1 Å². The number of hydrogen-bond acceptors (Lipinski definition) is 4. The lowest BCUT2D eigenvalue weighted by molar-refractivity contribution is -0.383. The molecular weight excluding hydrogens is 236 g/mol. The van der Waals surface area contributed by atoms with Crippen molar-refractivity contribution in [3.63, 3.8) is 0 Å². The van der Waals surface area contributed by atoms with Crippen molar-refractivity contribution < 1.29 is 9.72 Å². The first-order valence-electron chi connectivity index (χ1n) is 5.35. The Balaban J connectivity index is 2.39. The van der Waals surface area contributed by atoms with Gasteiger partial charge in [0.1, 0.15) is 5.52 Å². The molecule has 18 heavy (non-hydrogen) atoms. The van der Waals surface area contributed by atoms with Crippen molar-refractivity contribution in [1.29, 1.82) is 0 Å². The quantitative estimate of drug-likeness (QED) is 0.363. The average Bonchev–Trinajstić information content (AvgIpc) is 2.78. The van der Waals surface area contributed by atoms with Crippen LogP contribution in [0.1, 0.15) is 6.42 Å². The number of rotatable bonds is 4. The van der Waals surface area contributed by atoms with E-state index < -0.39 is 4.92 Å². The average molecular weight is 248 g/mol. The molecule has 0 aliphatic heterocycles. The molecule has 0 bridgehead atoms. The van der Waals surface area contributed by atoms with Crippen LogP contribution in [0.5, 0.6) is 0 Å². The minimum absolute atomic E-state index is 0.0330. The van der Waals surface area contributed by atoms with Crippen molar-refractivity contribution in [1.82, 2.24) is 9.99 Å². The zero-order valence-corrected chi connectivity index (χ0v) is 9.50. The molecule has 0 saturated carbocycles. The van der Waals surface area contributed by atoms with Gasteiger partial charge in [0, 0.05) is 30.6 Å². The molecule has 0 saturated heterocycles. The van der Waals surface area contributed by atoms with Gasteiger partial charge in [0.15, 0.2) is 0 Å².